The van der Waals surface area contributed by atoms with Crippen LogP contribution in [0.4, 0.5) is 0 Å². The summed E-state index contributed by atoms with van der Waals surface area (Å²) in [6, 6.07) is 9.11. The molecule has 0 amide bonds. The van der Waals surface area contributed by atoms with E-state index in [1.54, 1.807) is 0 Å². The van der Waals surface area contributed by atoms with E-state index in [4.69, 9.17) is 5.11 Å². The third kappa shape index (κ3) is 2.21. The van der Waals surface area contributed by atoms with Crippen LogP contribution in [0.25, 0.3) is 0 Å². The molecule has 1 N–H and O–H groups in total. The van der Waals surface area contributed by atoms with Crippen molar-refractivity contribution in [2.75, 3.05) is 19.7 Å². The minimum atomic E-state index is 0.266. The van der Waals surface area contributed by atoms with Gasteiger partial charge >= 0.3 is 0 Å². The van der Waals surface area contributed by atoms with E-state index in [0.29, 0.717) is 6.04 Å². The first-order valence-corrected chi connectivity index (χ1v) is 5.73. The van der Waals surface area contributed by atoms with Gasteiger partial charge in [0.25, 0.3) is 0 Å². The number of benzene rings is 1. The van der Waals surface area contributed by atoms with Crippen molar-refractivity contribution >= 4 is 0 Å². The Labute approximate surface area is 91.5 Å². The molecule has 1 aliphatic rings. The normalized spacial score (nSPS) is 22.1. The van der Waals surface area contributed by atoms with Gasteiger partial charge in [0.2, 0.25) is 0 Å². The lowest BCUT2D eigenvalue weighted by atomic mass is 9.99. The zero-order chi connectivity index (χ0) is 10.7. The number of aliphatic hydroxyl groups is 1. The molecule has 1 atom stereocenters. The lowest BCUT2D eigenvalue weighted by Crippen LogP contribution is -2.26. The minimum Gasteiger partial charge on any atom is -0.395 e. The molecule has 2 heteroatoms. The molecular formula is C13H19NO. The SMILES string of the molecule is Cc1ccccc1[C@H]1CCCN1CCO. The molecule has 0 bridgehead atoms. The van der Waals surface area contributed by atoms with Crippen molar-refractivity contribution < 1.29 is 5.11 Å². The van der Waals surface area contributed by atoms with Crippen LogP contribution in [0, 0.1) is 6.92 Å². The zero-order valence-electron chi connectivity index (χ0n) is 9.32. The van der Waals surface area contributed by atoms with Gasteiger partial charge in [-0.3, -0.25) is 4.90 Å². The van der Waals surface area contributed by atoms with Crippen LogP contribution in [0.3, 0.4) is 0 Å². The van der Waals surface area contributed by atoms with Crippen molar-refractivity contribution in [2.45, 2.75) is 25.8 Å². The molecule has 0 radical (unpaired) electrons. The summed E-state index contributed by atoms with van der Waals surface area (Å²) in [6.07, 6.45) is 2.48. The third-order valence-corrected chi connectivity index (χ3v) is 3.30. The van der Waals surface area contributed by atoms with Gasteiger partial charge in [-0.2, -0.15) is 0 Å². The van der Waals surface area contributed by atoms with Gasteiger partial charge in [0.15, 0.2) is 0 Å². The zero-order valence-corrected chi connectivity index (χ0v) is 9.32. The lowest BCUT2D eigenvalue weighted by Gasteiger charge is -2.25. The average molecular weight is 205 g/mol. The maximum absolute atomic E-state index is 9.02. The number of aliphatic hydroxyl groups excluding tert-OH is 1. The van der Waals surface area contributed by atoms with Gasteiger partial charge in [-0.25, -0.2) is 0 Å². The summed E-state index contributed by atoms with van der Waals surface area (Å²) in [6.45, 7) is 4.37. The molecule has 1 fully saturated rings. The highest BCUT2D eigenvalue weighted by Gasteiger charge is 2.25. The first-order valence-electron chi connectivity index (χ1n) is 5.73. The molecule has 15 heavy (non-hydrogen) atoms. The third-order valence-electron chi connectivity index (χ3n) is 3.30. The second-order valence-electron chi connectivity index (χ2n) is 4.27. The van der Waals surface area contributed by atoms with Gasteiger partial charge in [-0.05, 0) is 37.4 Å². The molecule has 1 aromatic carbocycles. The Hall–Kier alpha value is -0.860. The first-order chi connectivity index (χ1) is 7.33. The summed E-state index contributed by atoms with van der Waals surface area (Å²) in [5.41, 5.74) is 2.80. The highest BCUT2D eigenvalue weighted by molar-refractivity contribution is 5.29. The Bertz CT molecular complexity index is 324. The fraction of sp³-hybridized carbons (Fsp3) is 0.538. The quantitative estimate of drug-likeness (QED) is 0.817. The number of hydrogen-bond donors (Lipinski definition) is 1. The smallest absolute Gasteiger partial charge is 0.0558 e. The Balaban J connectivity index is 2.19. The van der Waals surface area contributed by atoms with E-state index in [-0.39, 0.29) is 6.61 Å². The molecule has 1 heterocycles. The van der Waals surface area contributed by atoms with Crippen LogP contribution in [-0.2, 0) is 0 Å². The first kappa shape index (κ1) is 10.7. The van der Waals surface area contributed by atoms with Crippen LogP contribution < -0.4 is 0 Å². The van der Waals surface area contributed by atoms with Crippen molar-refractivity contribution in [1.82, 2.24) is 4.90 Å². The molecule has 2 nitrogen and oxygen atoms in total. The van der Waals surface area contributed by atoms with Crippen molar-refractivity contribution in [3.8, 4) is 0 Å². The van der Waals surface area contributed by atoms with Crippen molar-refractivity contribution in [3.63, 3.8) is 0 Å². The molecular weight excluding hydrogens is 186 g/mol. The Kier molecular flexibility index (Phi) is 3.39. The summed E-state index contributed by atoms with van der Waals surface area (Å²) >= 11 is 0. The van der Waals surface area contributed by atoms with Crippen molar-refractivity contribution in [3.05, 3.63) is 35.4 Å². The highest BCUT2D eigenvalue weighted by Crippen LogP contribution is 2.32. The lowest BCUT2D eigenvalue weighted by molar-refractivity contribution is 0.185. The summed E-state index contributed by atoms with van der Waals surface area (Å²) < 4.78 is 0. The fourth-order valence-electron chi connectivity index (χ4n) is 2.54. The number of aryl methyl sites for hydroxylation is 1. The predicted octanol–water partition coefficient (Wildman–Crippen LogP) is 2.12. The van der Waals surface area contributed by atoms with Crippen molar-refractivity contribution in [2.24, 2.45) is 0 Å². The second-order valence-corrected chi connectivity index (χ2v) is 4.27. The summed E-state index contributed by atoms with van der Waals surface area (Å²) in [4.78, 5) is 2.39. The van der Waals surface area contributed by atoms with Gasteiger partial charge in [-0.1, -0.05) is 24.3 Å². The fourth-order valence-corrected chi connectivity index (χ4v) is 2.54. The summed E-state index contributed by atoms with van der Waals surface area (Å²) in [5.74, 6) is 0. The second kappa shape index (κ2) is 4.77. The molecule has 1 aromatic rings. The maximum Gasteiger partial charge on any atom is 0.0558 e. The number of β-amino-alcohol motifs (C(OH)–C–C–N with tert-alkyl or cyclic N) is 1. The number of hydrogen-bond acceptors (Lipinski definition) is 2. The number of likely N-dealkylation sites (tertiary alicyclic amines) is 1. The van der Waals surface area contributed by atoms with E-state index in [0.717, 1.165) is 13.1 Å². The molecule has 0 unspecified atom stereocenters. The van der Waals surface area contributed by atoms with E-state index in [1.807, 2.05) is 0 Å². The van der Waals surface area contributed by atoms with E-state index >= 15 is 0 Å². The van der Waals surface area contributed by atoms with E-state index in [9.17, 15) is 0 Å². The van der Waals surface area contributed by atoms with E-state index in [1.165, 1.54) is 24.0 Å². The van der Waals surface area contributed by atoms with Crippen LogP contribution >= 0.6 is 0 Å². The Morgan fingerprint density at radius 1 is 1.40 bits per heavy atom. The van der Waals surface area contributed by atoms with Crippen LogP contribution in [0.5, 0.6) is 0 Å². The number of rotatable bonds is 3. The molecule has 1 saturated heterocycles. The Morgan fingerprint density at radius 2 is 2.20 bits per heavy atom. The van der Waals surface area contributed by atoms with Crippen LogP contribution in [0.15, 0.2) is 24.3 Å². The monoisotopic (exact) mass is 205 g/mol. The van der Waals surface area contributed by atoms with Crippen LogP contribution in [-0.4, -0.2) is 29.7 Å². The van der Waals surface area contributed by atoms with Gasteiger partial charge in [0.05, 0.1) is 6.61 Å². The molecule has 0 saturated carbocycles. The molecule has 0 aliphatic carbocycles. The standard InChI is InChI=1S/C13H19NO/c1-11-5-2-3-6-12(11)13-7-4-8-14(13)9-10-15/h2-3,5-6,13,15H,4,7-10H2,1H3/t13-/m1/s1. The minimum absolute atomic E-state index is 0.266. The maximum atomic E-state index is 9.02. The summed E-state index contributed by atoms with van der Waals surface area (Å²) in [5, 5.41) is 9.02. The van der Waals surface area contributed by atoms with Gasteiger partial charge in [0, 0.05) is 12.6 Å². The molecule has 2 rings (SSSR count). The van der Waals surface area contributed by atoms with Gasteiger partial charge < -0.3 is 5.11 Å². The van der Waals surface area contributed by atoms with E-state index in [2.05, 4.69) is 36.1 Å². The van der Waals surface area contributed by atoms with Crippen molar-refractivity contribution in [1.29, 1.82) is 0 Å². The van der Waals surface area contributed by atoms with E-state index < -0.39 is 0 Å². The topological polar surface area (TPSA) is 23.5 Å². The van der Waals surface area contributed by atoms with Gasteiger partial charge in [0.1, 0.15) is 0 Å². The molecule has 0 aromatic heterocycles. The molecule has 1 aliphatic heterocycles. The Morgan fingerprint density at radius 3 is 2.93 bits per heavy atom. The average Bonchev–Trinajstić information content (AvgIpc) is 2.67. The molecule has 82 valence electrons. The largest absolute Gasteiger partial charge is 0.395 e. The highest BCUT2D eigenvalue weighted by atomic mass is 16.3. The van der Waals surface area contributed by atoms with Crippen LogP contribution in [0.2, 0.25) is 0 Å². The van der Waals surface area contributed by atoms with Crippen LogP contribution in [0.1, 0.15) is 30.0 Å². The number of nitrogens with zero attached hydrogens (tertiary/aromatic N) is 1. The molecule has 0 spiro atoms. The summed E-state index contributed by atoms with van der Waals surface area (Å²) in [7, 11) is 0. The predicted molar refractivity (Wildman–Crippen MR) is 61.8 cm³/mol. The van der Waals surface area contributed by atoms with Gasteiger partial charge in [-0.15, -0.1) is 0 Å².